The molecule has 1 aliphatic heterocycles. The molecule has 0 unspecified atom stereocenters. The van der Waals surface area contributed by atoms with E-state index in [0.29, 0.717) is 31.7 Å². The van der Waals surface area contributed by atoms with E-state index < -0.39 is 12.0 Å². The van der Waals surface area contributed by atoms with E-state index in [9.17, 15) is 14.4 Å². The third-order valence-electron chi connectivity index (χ3n) is 5.68. The molecule has 7 nitrogen and oxygen atoms in total. The van der Waals surface area contributed by atoms with Crippen LogP contribution in [0.2, 0.25) is 0 Å². The first-order chi connectivity index (χ1) is 15.0. The normalized spacial score (nSPS) is 15.8. The summed E-state index contributed by atoms with van der Waals surface area (Å²) in [6.07, 6.45) is 4.59. The average Bonchev–Trinajstić information content (AvgIpc) is 2.75. The van der Waals surface area contributed by atoms with Gasteiger partial charge in [-0.05, 0) is 63.6 Å². The monoisotopic (exact) mass is 431 g/mol. The summed E-state index contributed by atoms with van der Waals surface area (Å²) in [4.78, 5) is 37.8. The Morgan fingerprint density at radius 2 is 1.87 bits per heavy atom. The number of rotatable bonds is 12. The number of benzene rings is 1. The Morgan fingerprint density at radius 3 is 2.52 bits per heavy atom. The van der Waals surface area contributed by atoms with E-state index in [4.69, 9.17) is 4.74 Å². The van der Waals surface area contributed by atoms with Gasteiger partial charge in [0.15, 0.2) is 0 Å². The number of piperidine rings is 1. The first-order valence-electron chi connectivity index (χ1n) is 11.4. The van der Waals surface area contributed by atoms with Crippen LogP contribution in [0, 0.1) is 5.92 Å². The molecule has 0 bridgehead atoms. The summed E-state index contributed by atoms with van der Waals surface area (Å²) in [6.45, 7) is 7.26. The second kappa shape index (κ2) is 13.8. The van der Waals surface area contributed by atoms with Crippen molar-refractivity contribution in [2.24, 2.45) is 5.92 Å². The van der Waals surface area contributed by atoms with Crippen molar-refractivity contribution in [2.75, 3.05) is 26.2 Å². The fraction of sp³-hybridized carbons (Fsp3) is 0.625. The molecule has 1 fully saturated rings. The van der Waals surface area contributed by atoms with Crippen LogP contribution in [-0.2, 0) is 25.7 Å². The van der Waals surface area contributed by atoms with Crippen molar-refractivity contribution in [3.05, 3.63) is 35.9 Å². The van der Waals surface area contributed by atoms with Crippen LogP contribution in [0.25, 0.3) is 0 Å². The number of likely N-dealkylation sites (tertiary alicyclic amines) is 1. The molecular formula is C24H37N3O4. The average molecular weight is 432 g/mol. The SMILES string of the molecule is CCOC(=O)[C@H](CCCC(=O)NCCC1CCN(Cc2ccccc2)CC1)NC(C)=O. The summed E-state index contributed by atoms with van der Waals surface area (Å²) in [5.41, 5.74) is 1.36. The molecule has 0 aromatic heterocycles. The third kappa shape index (κ3) is 9.96. The predicted octanol–water partition coefficient (Wildman–Crippen LogP) is 2.64. The van der Waals surface area contributed by atoms with Crippen molar-refractivity contribution < 1.29 is 19.1 Å². The van der Waals surface area contributed by atoms with E-state index in [-0.39, 0.29) is 18.4 Å². The number of carbonyl (C=O) groups is 3. The maximum Gasteiger partial charge on any atom is 0.328 e. The zero-order chi connectivity index (χ0) is 22.5. The van der Waals surface area contributed by atoms with Crippen LogP contribution in [0.4, 0.5) is 0 Å². The van der Waals surface area contributed by atoms with Crippen LogP contribution in [-0.4, -0.2) is 55.0 Å². The lowest BCUT2D eigenvalue weighted by Crippen LogP contribution is -2.41. The van der Waals surface area contributed by atoms with E-state index in [0.717, 1.165) is 26.1 Å². The van der Waals surface area contributed by atoms with Crippen molar-refractivity contribution in [3.63, 3.8) is 0 Å². The lowest BCUT2D eigenvalue weighted by Gasteiger charge is -2.32. The molecule has 2 N–H and O–H groups in total. The minimum absolute atomic E-state index is 0.00746. The van der Waals surface area contributed by atoms with E-state index in [1.807, 2.05) is 6.07 Å². The Morgan fingerprint density at radius 1 is 1.16 bits per heavy atom. The number of nitrogens with zero attached hydrogens (tertiary/aromatic N) is 1. The highest BCUT2D eigenvalue weighted by Gasteiger charge is 2.21. The summed E-state index contributed by atoms with van der Waals surface area (Å²) in [7, 11) is 0. The van der Waals surface area contributed by atoms with Crippen LogP contribution in [0.15, 0.2) is 30.3 Å². The number of esters is 1. The van der Waals surface area contributed by atoms with Crippen LogP contribution in [0.1, 0.15) is 57.9 Å². The Balaban J connectivity index is 1.57. The fourth-order valence-corrected chi connectivity index (χ4v) is 3.98. The number of hydrogen-bond acceptors (Lipinski definition) is 5. The number of ether oxygens (including phenoxy) is 1. The van der Waals surface area contributed by atoms with Gasteiger partial charge in [0.25, 0.3) is 0 Å². The number of carbonyl (C=O) groups excluding carboxylic acids is 3. The number of amides is 2. The van der Waals surface area contributed by atoms with Crippen molar-refractivity contribution in [3.8, 4) is 0 Å². The fourth-order valence-electron chi connectivity index (χ4n) is 3.98. The van der Waals surface area contributed by atoms with Gasteiger partial charge in [-0.25, -0.2) is 4.79 Å². The van der Waals surface area contributed by atoms with Gasteiger partial charge in [-0.3, -0.25) is 14.5 Å². The van der Waals surface area contributed by atoms with E-state index in [2.05, 4.69) is 39.8 Å². The number of hydrogen-bond donors (Lipinski definition) is 2. The predicted molar refractivity (Wildman–Crippen MR) is 120 cm³/mol. The second-order valence-corrected chi connectivity index (χ2v) is 8.24. The van der Waals surface area contributed by atoms with Crippen LogP contribution in [0.5, 0.6) is 0 Å². The van der Waals surface area contributed by atoms with Crippen molar-refractivity contribution in [2.45, 2.75) is 65.0 Å². The largest absolute Gasteiger partial charge is 0.464 e. The molecule has 172 valence electrons. The highest BCUT2D eigenvalue weighted by Crippen LogP contribution is 2.21. The molecule has 1 atom stereocenters. The molecule has 0 spiro atoms. The summed E-state index contributed by atoms with van der Waals surface area (Å²) in [6, 6.07) is 9.88. The zero-order valence-corrected chi connectivity index (χ0v) is 18.9. The Labute approximate surface area is 185 Å². The molecule has 2 amide bonds. The quantitative estimate of drug-likeness (QED) is 0.497. The molecule has 0 radical (unpaired) electrons. The first-order valence-corrected chi connectivity index (χ1v) is 11.4. The minimum atomic E-state index is -0.689. The van der Waals surface area contributed by atoms with Gasteiger partial charge < -0.3 is 15.4 Å². The van der Waals surface area contributed by atoms with Crippen molar-refractivity contribution in [1.82, 2.24) is 15.5 Å². The molecular weight excluding hydrogens is 394 g/mol. The third-order valence-corrected chi connectivity index (χ3v) is 5.68. The summed E-state index contributed by atoms with van der Waals surface area (Å²) < 4.78 is 4.98. The highest BCUT2D eigenvalue weighted by molar-refractivity contribution is 5.83. The van der Waals surface area contributed by atoms with E-state index in [1.165, 1.54) is 25.3 Å². The highest BCUT2D eigenvalue weighted by atomic mass is 16.5. The van der Waals surface area contributed by atoms with Gasteiger partial charge in [-0.15, -0.1) is 0 Å². The summed E-state index contributed by atoms with van der Waals surface area (Å²) in [5.74, 6) is -0.0822. The van der Waals surface area contributed by atoms with Crippen LogP contribution in [0.3, 0.4) is 0 Å². The number of nitrogens with one attached hydrogen (secondary N) is 2. The van der Waals surface area contributed by atoms with Gasteiger partial charge >= 0.3 is 5.97 Å². The molecule has 1 saturated heterocycles. The summed E-state index contributed by atoms with van der Waals surface area (Å²) in [5, 5.41) is 5.59. The molecule has 1 aromatic carbocycles. The van der Waals surface area contributed by atoms with Gasteiger partial charge in [0, 0.05) is 26.4 Å². The van der Waals surface area contributed by atoms with Crippen molar-refractivity contribution in [1.29, 1.82) is 0 Å². The molecule has 0 saturated carbocycles. The molecule has 2 rings (SSSR count). The smallest absolute Gasteiger partial charge is 0.328 e. The maximum atomic E-state index is 12.1. The molecule has 1 heterocycles. The summed E-state index contributed by atoms with van der Waals surface area (Å²) >= 11 is 0. The Bertz CT molecular complexity index is 687. The lowest BCUT2D eigenvalue weighted by molar-refractivity contribution is -0.147. The second-order valence-electron chi connectivity index (χ2n) is 8.24. The van der Waals surface area contributed by atoms with Gasteiger partial charge in [0.2, 0.25) is 11.8 Å². The molecule has 31 heavy (non-hydrogen) atoms. The van der Waals surface area contributed by atoms with Gasteiger partial charge in [0.1, 0.15) is 6.04 Å². The Kier molecular flexibility index (Phi) is 11.1. The maximum absolute atomic E-state index is 12.1. The molecule has 7 heteroatoms. The zero-order valence-electron chi connectivity index (χ0n) is 18.9. The van der Waals surface area contributed by atoms with E-state index >= 15 is 0 Å². The van der Waals surface area contributed by atoms with Gasteiger partial charge in [-0.1, -0.05) is 30.3 Å². The Hall–Kier alpha value is -2.41. The van der Waals surface area contributed by atoms with Crippen LogP contribution >= 0.6 is 0 Å². The van der Waals surface area contributed by atoms with E-state index in [1.54, 1.807) is 6.92 Å². The van der Waals surface area contributed by atoms with Crippen LogP contribution < -0.4 is 10.6 Å². The van der Waals surface area contributed by atoms with Gasteiger partial charge in [0.05, 0.1) is 6.61 Å². The molecule has 1 aromatic rings. The standard InChI is InChI=1S/C24H37N3O4/c1-3-31-24(30)22(26-19(2)28)10-7-11-23(29)25-15-12-20-13-16-27(17-14-20)18-21-8-5-4-6-9-21/h4-6,8-9,20,22H,3,7,10-18H2,1-2H3,(H,25,29)(H,26,28)/t22-/m0/s1. The first kappa shape index (κ1) is 24.9. The topological polar surface area (TPSA) is 87.7 Å². The van der Waals surface area contributed by atoms with Gasteiger partial charge in [-0.2, -0.15) is 0 Å². The molecule has 1 aliphatic rings. The lowest BCUT2D eigenvalue weighted by atomic mass is 9.93. The molecule has 0 aliphatic carbocycles. The minimum Gasteiger partial charge on any atom is -0.464 e. The van der Waals surface area contributed by atoms with Crippen molar-refractivity contribution >= 4 is 17.8 Å².